The zero-order valence-corrected chi connectivity index (χ0v) is 8.64. The quantitative estimate of drug-likeness (QED) is 0.727. The smallest absolute Gasteiger partial charge is 0.310 e. The van der Waals surface area contributed by atoms with Gasteiger partial charge in [0, 0.05) is 5.56 Å². The molecule has 78 valence electrons. The molecule has 0 saturated heterocycles. The molecule has 0 spiro atoms. The lowest BCUT2D eigenvalue weighted by molar-refractivity contribution is -0.139. The van der Waals surface area contributed by atoms with Crippen LogP contribution in [0.4, 0.5) is 4.39 Å². The number of esters is 1. The Bertz CT molecular complexity index is 440. The molecule has 0 radical (unpaired) electrons. The number of rotatable bonds is 2. The van der Waals surface area contributed by atoms with Gasteiger partial charge in [0.1, 0.15) is 5.82 Å². The van der Waals surface area contributed by atoms with Crippen molar-refractivity contribution in [2.75, 3.05) is 7.11 Å². The van der Waals surface area contributed by atoms with Crippen molar-refractivity contribution >= 4 is 17.6 Å². The van der Waals surface area contributed by atoms with E-state index in [2.05, 4.69) is 4.74 Å². The highest BCUT2D eigenvalue weighted by Crippen LogP contribution is 2.22. The molecule has 0 aliphatic rings. The van der Waals surface area contributed by atoms with Crippen LogP contribution in [-0.2, 0) is 16.0 Å². The van der Waals surface area contributed by atoms with Crippen LogP contribution < -0.4 is 0 Å². The van der Waals surface area contributed by atoms with E-state index in [1.54, 1.807) is 6.07 Å². The molecule has 0 aromatic heterocycles. The Morgan fingerprint density at radius 2 is 2.33 bits per heavy atom. The summed E-state index contributed by atoms with van der Waals surface area (Å²) in [5.41, 5.74) is 0.0548. The molecule has 0 aliphatic heterocycles. The molecule has 0 saturated carbocycles. The summed E-state index contributed by atoms with van der Waals surface area (Å²) in [6.45, 7) is 0. The molecule has 1 aromatic carbocycles. The van der Waals surface area contributed by atoms with E-state index in [1.165, 1.54) is 19.2 Å². The maximum Gasteiger partial charge on any atom is 0.310 e. The summed E-state index contributed by atoms with van der Waals surface area (Å²) in [5.74, 6) is -1.37. The second-order valence-electron chi connectivity index (χ2n) is 2.75. The second kappa shape index (κ2) is 4.76. The van der Waals surface area contributed by atoms with Crippen LogP contribution in [0.5, 0.6) is 0 Å². The first kappa shape index (κ1) is 11.5. The van der Waals surface area contributed by atoms with Gasteiger partial charge in [0.15, 0.2) is 0 Å². The largest absolute Gasteiger partial charge is 0.469 e. The van der Waals surface area contributed by atoms with Gasteiger partial charge >= 0.3 is 5.97 Å². The Morgan fingerprint density at radius 1 is 1.67 bits per heavy atom. The van der Waals surface area contributed by atoms with Crippen molar-refractivity contribution in [3.63, 3.8) is 0 Å². The highest BCUT2D eigenvalue weighted by molar-refractivity contribution is 6.30. The first-order valence-electron chi connectivity index (χ1n) is 4.04. The van der Waals surface area contributed by atoms with E-state index in [4.69, 9.17) is 16.9 Å². The molecular formula is C10H7ClFNO2. The van der Waals surface area contributed by atoms with Gasteiger partial charge in [-0.3, -0.25) is 4.79 Å². The third kappa shape index (κ3) is 2.45. The lowest BCUT2D eigenvalue weighted by atomic mass is 10.0. The standard InChI is InChI=1S/C10H7ClFNO2/c1-15-9(14)4-7-6(5-13)2-3-8(11)10(7)12/h2-3H,4H2,1H3. The average molecular weight is 228 g/mol. The van der Waals surface area contributed by atoms with Gasteiger partial charge in [-0.25, -0.2) is 4.39 Å². The van der Waals surface area contributed by atoms with E-state index in [0.29, 0.717) is 0 Å². The number of hydrogen-bond acceptors (Lipinski definition) is 3. The second-order valence-corrected chi connectivity index (χ2v) is 3.16. The summed E-state index contributed by atoms with van der Waals surface area (Å²) in [4.78, 5) is 11.0. The predicted octanol–water partition coefficient (Wildman–Crippen LogP) is 2.07. The number of hydrogen-bond donors (Lipinski definition) is 0. The van der Waals surface area contributed by atoms with Gasteiger partial charge in [0.25, 0.3) is 0 Å². The van der Waals surface area contributed by atoms with Crippen LogP contribution in [0, 0.1) is 17.1 Å². The summed E-state index contributed by atoms with van der Waals surface area (Å²) >= 11 is 5.53. The molecule has 0 amide bonds. The van der Waals surface area contributed by atoms with E-state index >= 15 is 0 Å². The number of ether oxygens (including phenoxy) is 1. The fourth-order valence-corrected chi connectivity index (χ4v) is 1.26. The highest BCUT2D eigenvalue weighted by Gasteiger charge is 2.15. The van der Waals surface area contributed by atoms with Crippen LogP contribution >= 0.6 is 11.6 Å². The number of halogens is 2. The van der Waals surface area contributed by atoms with Gasteiger partial charge in [-0.15, -0.1) is 0 Å². The van der Waals surface area contributed by atoms with Crippen LogP contribution in [0.1, 0.15) is 11.1 Å². The van der Waals surface area contributed by atoms with Gasteiger partial charge < -0.3 is 4.74 Å². The summed E-state index contributed by atoms with van der Waals surface area (Å²) in [7, 11) is 1.19. The van der Waals surface area contributed by atoms with Crippen molar-refractivity contribution in [1.82, 2.24) is 0 Å². The number of benzene rings is 1. The van der Waals surface area contributed by atoms with Gasteiger partial charge in [-0.05, 0) is 12.1 Å². The van der Waals surface area contributed by atoms with Crippen molar-refractivity contribution in [3.05, 3.63) is 34.1 Å². The Hall–Kier alpha value is -1.60. The molecule has 0 fully saturated rings. The lowest BCUT2D eigenvalue weighted by Gasteiger charge is -2.05. The zero-order valence-electron chi connectivity index (χ0n) is 7.88. The molecule has 1 aromatic rings. The molecule has 3 nitrogen and oxygen atoms in total. The molecule has 0 aliphatic carbocycles. The van der Waals surface area contributed by atoms with Gasteiger partial charge in [0.05, 0.1) is 30.2 Å². The normalized spacial score (nSPS) is 9.47. The Kier molecular flexibility index (Phi) is 3.64. The average Bonchev–Trinajstić information content (AvgIpc) is 2.25. The predicted molar refractivity (Wildman–Crippen MR) is 51.8 cm³/mol. The summed E-state index contributed by atoms with van der Waals surface area (Å²) in [5, 5.41) is 8.59. The summed E-state index contributed by atoms with van der Waals surface area (Å²) in [6.07, 6.45) is -0.300. The lowest BCUT2D eigenvalue weighted by Crippen LogP contribution is -2.08. The maximum atomic E-state index is 13.5. The molecular weight excluding hydrogens is 221 g/mol. The Balaban J connectivity index is 3.19. The Morgan fingerprint density at radius 3 is 2.87 bits per heavy atom. The van der Waals surface area contributed by atoms with Gasteiger partial charge in [-0.2, -0.15) is 5.26 Å². The SMILES string of the molecule is COC(=O)Cc1c(C#N)ccc(Cl)c1F. The van der Waals surface area contributed by atoms with Crippen molar-refractivity contribution in [2.45, 2.75) is 6.42 Å². The number of nitriles is 1. The van der Waals surface area contributed by atoms with E-state index < -0.39 is 11.8 Å². The molecule has 0 unspecified atom stereocenters. The van der Waals surface area contributed by atoms with Crippen LogP contribution in [0.25, 0.3) is 0 Å². The number of carbonyl (C=O) groups is 1. The van der Waals surface area contributed by atoms with E-state index in [-0.39, 0.29) is 22.6 Å². The maximum absolute atomic E-state index is 13.5. The Labute approximate surface area is 91.0 Å². The fourth-order valence-electron chi connectivity index (χ4n) is 1.09. The number of nitrogens with zero attached hydrogens (tertiary/aromatic N) is 1. The molecule has 0 heterocycles. The minimum Gasteiger partial charge on any atom is -0.469 e. The monoisotopic (exact) mass is 227 g/mol. The molecule has 15 heavy (non-hydrogen) atoms. The number of carbonyl (C=O) groups excluding carboxylic acids is 1. The minimum atomic E-state index is -0.749. The van der Waals surface area contributed by atoms with Crippen molar-refractivity contribution in [1.29, 1.82) is 5.26 Å². The fraction of sp³-hybridized carbons (Fsp3) is 0.200. The zero-order chi connectivity index (χ0) is 11.4. The molecule has 0 N–H and O–H groups in total. The highest BCUT2D eigenvalue weighted by atomic mass is 35.5. The third-order valence-corrected chi connectivity index (χ3v) is 2.16. The van der Waals surface area contributed by atoms with Crippen molar-refractivity contribution in [3.8, 4) is 6.07 Å². The first-order chi connectivity index (χ1) is 7.10. The summed E-state index contributed by atoms with van der Waals surface area (Å²) < 4.78 is 17.8. The number of methoxy groups -OCH3 is 1. The molecule has 5 heteroatoms. The minimum absolute atomic E-state index is 0.0307. The van der Waals surface area contributed by atoms with Crippen LogP contribution in [-0.4, -0.2) is 13.1 Å². The van der Waals surface area contributed by atoms with Gasteiger partial charge in [0.2, 0.25) is 0 Å². The molecule has 0 bridgehead atoms. The van der Waals surface area contributed by atoms with E-state index in [9.17, 15) is 9.18 Å². The van der Waals surface area contributed by atoms with E-state index in [0.717, 1.165) is 0 Å². The van der Waals surface area contributed by atoms with Crippen LogP contribution in [0.3, 0.4) is 0 Å². The van der Waals surface area contributed by atoms with Crippen LogP contribution in [0.15, 0.2) is 12.1 Å². The summed E-state index contributed by atoms with van der Waals surface area (Å²) in [6, 6.07) is 4.43. The van der Waals surface area contributed by atoms with E-state index in [1.807, 2.05) is 0 Å². The van der Waals surface area contributed by atoms with Crippen molar-refractivity contribution in [2.24, 2.45) is 0 Å². The molecule has 0 atom stereocenters. The third-order valence-electron chi connectivity index (χ3n) is 1.87. The first-order valence-corrected chi connectivity index (χ1v) is 4.41. The van der Waals surface area contributed by atoms with Crippen LogP contribution in [0.2, 0.25) is 5.02 Å². The molecule has 1 rings (SSSR count). The van der Waals surface area contributed by atoms with Gasteiger partial charge in [-0.1, -0.05) is 11.6 Å². The van der Waals surface area contributed by atoms with Crippen molar-refractivity contribution < 1.29 is 13.9 Å². The topological polar surface area (TPSA) is 50.1 Å².